The highest BCUT2D eigenvalue weighted by atomic mass is 16.4. The highest BCUT2D eigenvalue weighted by Gasteiger charge is 2.33. The average molecular weight is 329 g/mol. The van der Waals surface area contributed by atoms with E-state index in [0.717, 1.165) is 16.3 Å². The van der Waals surface area contributed by atoms with Crippen LogP contribution in [0.25, 0.3) is 0 Å². The molecule has 1 aromatic heterocycles. The molecule has 1 amide bonds. The molecule has 124 valence electrons. The van der Waals surface area contributed by atoms with Crippen molar-refractivity contribution in [2.24, 2.45) is 7.05 Å². The van der Waals surface area contributed by atoms with Crippen LogP contribution in [0.4, 0.5) is 0 Å². The molecule has 1 atom stereocenters. The van der Waals surface area contributed by atoms with E-state index in [1.54, 1.807) is 24.3 Å². The fraction of sp³-hybridized carbons (Fsp3) is 0.250. The maximum Gasteiger partial charge on any atom is 0.328 e. The Balaban J connectivity index is 2.01. The highest BCUT2D eigenvalue weighted by molar-refractivity contribution is 5.94. The number of aromatic nitrogens is 2. The van der Waals surface area contributed by atoms with Crippen molar-refractivity contribution in [3.05, 3.63) is 68.0 Å². The Morgan fingerprint density at radius 1 is 1.25 bits per heavy atom. The molecule has 0 bridgehead atoms. The quantitative estimate of drug-likeness (QED) is 0.799. The summed E-state index contributed by atoms with van der Waals surface area (Å²) >= 11 is 0. The number of hydrogen-bond acceptors (Lipinski definition) is 4. The molecule has 1 aliphatic rings. The van der Waals surface area contributed by atoms with Gasteiger partial charge < -0.3 is 15.0 Å². The number of amides is 1. The van der Waals surface area contributed by atoms with Crippen LogP contribution in [0, 0.1) is 0 Å². The van der Waals surface area contributed by atoms with E-state index in [-0.39, 0.29) is 18.7 Å². The van der Waals surface area contributed by atoms with Crippen molar-refractivity contribution in [1.82, 2.24) is 14.5 Å². The number of aromatic amines is 1. The summed E-state index contributed by atoms with van der Waals surface area (Å²) in [5.74, 6) is -2.49. The number of benzene rings is 1. The van der Waals surface area contributed by atoms with Gasteiger partial charge in [0.25, 0.3) is 11.5 Å². The molecule has 0 fully saturated rings. The fourth-order valence-electron chi connectivity index (χ4n) is 2.86. The van der Waals surface area contributed by atoms with E-state index in [1.165, 1.54) is 11.9 Å². The van der Waals surface area contributed by atoms with Gasteiger partial charge >= 0.3 is 11.7 Å². The Kier molecular flexibility index (Phi) is 3.80. The molecule has 2 N–H and O–H groups in total. The zero-order valence-electron chi connectivity index (χ0n) is 12.9. The summed E-state index contributed by atoms with van der Waals surface area (Å²) in [6, 6.07) is 7.01. The first-order chi connectivity index (χ1) is 11.4. The monoisotopic (exact) mass is 329 g/mol. The van der Waals surface area contributed by atoms with Gasteiger partial charge in [-0.2, -0.15) is 0 Å². The number of nitrogens with one attached hydrogen (secondary N) is 1. The largest absolute Gasteiger partial charge is 0.481 e. The lowest BCUT2D eigenvalue weighted by atomic mass is 9.89. The molecule has 24 heavy (non-hydrogen) atoms. The van der Waals surface area contributed by atoms with E-state index in [1.807, 2.05) is 0 Å². The van der Waals surface area contributed by atoms with Crippen LogP contribution in [0.1, 0.15) is 27.4 Å². The molecule has 1 aromatic carbocycles. The number of H-pyrrole nitrogens is 1. The summed E-state index contributed by atoms with van der Waals surface area (Å²) in [7, 11) is 1.27. The minimum atomic E-state index is -1.03. The standard InChI is InChI=1S/C16H15N3O5/c1-18-13(20)11(6-17-16(18)24)14(21)19-7-9-4-2-3-5-10(9)12(8-19)15(22)23/h2-6,12H,7-8H2,1H3,(H,17,24)(H,22,23). The molecular weight excluding hydrogens is 314 g/mol. The van der Waals surface area contributed by atoms with Gasteiger partial charge in [-0.05, 0) is 11.1 Å². The third-order valence-corrected chi connectivity index (χ3v) is 4.19. The van der Waals surface area contributed by atoms with Gasteiger partial charge in [-0.15, -0.1) is 0 Å². The Bertz CT molecular complexity index is 943. The molecular formula is C16H15N3O5. The maximum atomic E-state index is 12.7. The van der Waals surface area contributed by atoms with Crippen LogP contribution >= 0.6 is 0 Å². The molecule has 0 saturated heterocycles. The van der Waals surface area contributed by atoms with Crippen molar-refractivity contribution < 1.29 is 14.7 Å². The first kappa shape index (κ1) is 15.7. The number of hydrogen-bond donors (Lipinski definition) is 2. The zero-order chi connectivity index (χ0) is 17.4. The zero-order valence-corrected chi connectivity index (χ0v) is 12.9. The molecule has 0 saturated carbocycles. The number of rotatable bonds is 2. The lowest BCUT2D eigenvalue weighted by Crippen LogP contribution is -2.44. The van der Waals surface area contributed by atoms with Gasteiger partial charge in [0.05, 0.1) is 5.92 Å². The van der Waals surface area contributed by atoms with Crippen LogP contribution < -0.4 is 11.2 Å². The molecule has 2 aromatic rings. The van der Waals surface area contributed by atoms with Crippen molar-refractivity contribution in [2.75, 3.05) is 6.54 Å². The van der Waals surface area contributed by atoms with Crippen molar-refractivity contribution in [3.63, 3.8) is 0 Å². The van der Waals surface area contributed by atoms with E-state index in [4.69, 9.17) is 0 Å². The second-order valence-corrected chi connectivity index (χ2v) is 5.65. The van der Waals surface area contributed by atoms with Crippen LogP contribution in [0.15, 0.2) is 40.1 Å². The first-order valence-electron chi connectivity index (χ1n) is 7.28. The Morgan fingerprint density at radius 2 is 1.96 bits per heavy atom. The lowest BCUT2D eigenvalue weighted by molar-refractivity contribution is -0.139. The predicted octanol–water partition coefficient (Wildman–Crippen LogP) is -0.102. The molecule has 0 radical (unpaired) electrons. The summed E-state index contributed by atoms with van der Waals surface area (Å²) in [6.07, 6.45) is 1.07. The van der Waals surface area contributed by atoms with Crippen LogP contribution in [0.2, 0.25) is 0 Å². The SMILES string of the molecule is Cn1c(=O)[nH]cc(C(=O)N2Cc3ccccc3C(C(=O)O)C2)c1=O. The number of fused-ring (bicyclic) bond motifs is 1. The van der Waals surface area contributed by atoms with Crippen LogP contribution in [-0.4, -0.2) is 38.0 Å². The third-order valence-electron chi connectivity index (χ3n) is 4.19. The summed E-state index contributed by atoms with van der Waals surface area (Å²) < 4.78 is 0.805. The number of aliphatic carboxylic acids is 1. The average Bonchev–Trinajstić information content (AvgIpc) is 2.58. The van der Waals surface area contributed by atoms with Crippen molar-refractivity contribution >= 4 is 11.9 Å². The van der Waals surface area contributed by atoms with Crippen LogP contribution in [0.3, 0.4) is 0 Å². The van der Waals surface area contributed by atoms with E-state index in [0.29, 0.717) is 5.56 Å². The van der Waals surface area contributed by atoms with E-state index >= 15 is 0 Å². The number of carbonyl (C=O) groups excluding carboxylic acids is 1. The second-order valence-electron chi connectivity index (χ2n) is 5.65. The Hall–Kier alpha value is -3.16. The highest BCUT2D eigenvalue weighted by Crippen LogP contribution is 2.29. The number of nitrogens with zero attached hydrogens (tertiary/aromatic N) is 2. The van der Waals surface area contributed by atoms with Crippen molar-refractivity contribution in [2.45, 2.75) is 12.5 Å². The molecule has 8 heteroatoms. The molecule has 8 nitrogen and oxygen atoms in total. The first-order valence-corrected chi connectivity index (χ1v) is 7.28. The summed E-state index contributed by atoms with van der Waals surface area (Å²) in [4.78, 5) is 51.4. The van der Waals surface area contributed by atoms with Crippen LogP contribution in [0.5, 0.6) is 0 Å². The minimum Gasteiger partial charge on any atom is -0.481 e. The molecule has 3 rings (SSSR count). The van der Waals surface area contributed by atoms with E-state index in [9.17, 15) is 24.3 Å². The van der Waals surface area contributed by atoms with Crippen LogP contribution in [-0.2, 0) is 18.4 Å². The van der Waals surface area contributed by atoms with Gasteiger partial charge in [0.2, 0.25) is 0 Å². The van der Waals surface area contributed by atoms with E-state index < -0.39 is 29.0 Å². The van der Waals surface area contributed by atoms with Gasteiger partial charge in [-0.1, -0.05) is 24.3 Å². The summed E-state index contributed by atoms with van der Waals surface area (Å²) in [5, 5.41) is 9.44. The number of carboxylic acid groups (broad SMARTS) is 1. The minimum absolute atomic E-state index is 0.0343. The number of carbonyl (C=O) groups is 2. The number of carboxylic acids is 1. The molecule has 0 spiro atoms. The third kappa shape index (κ3) is 2.51. The van der Waals surface area contributed by atoms with Gasteiger partial charge in [0, 0.05) is 26.3 Å². The van der Waals surface area contributed by atoms with E-state index in [2.05, 4.69) is 4.98 Å². The lowest BCUT2D eigenvalue weighted by Gasteiger charge is -2.32. The summed E-state index contributed by atoms with van der Waals surface area (Å²) in [5.41, 5.74) is -0.131. The normalized spacial score (nSPS) is 16.5. The van der Waals surface area contributed by atoms with Crippen molar-refractivity contribution in [3.8, 4) is 0 Å². The maximum absolute atomic E-state index is 12.7. The Morgan fingerprint density at radius 3 is 2.67 bits per heavy atom. The molecule has 1 aliphatic heterocycles. The smallest absolute Gasteiger partial charge is 0.328 e. The van der Waals surface area contributed by atoms with Gasteiger partial charge in [0.1, 0.15) is 5.56 Å². The fourth-order valence-corrected chi connectivity index (χ4v) is 2.86. The van der Waals surface area contributed by atoms with Gasteiger partial charge in [0.15, 0.2) is 0 Å². The second kappa shape index (κ2) is 5.80. The molecule has 1 unspecified atom stereocenters. The Labute approximate surface area is 136 Å². The summed E-state index contributed by atoms with van der Waals surface area (Å²) in [6.45, 7) is 0.175. The topological polar surface area (TPSA) is 112 Å². The van der Waals surface area contributed by atoms with Crippen molar-refractivity contribution in [1.29, 1.82) is 0 Å². The molecule has 2 heterocycles. The van der Waals surface area contributed by atoms with Gasteiger partial charge in [-0.25, -0.2) is 4.79 Å². The predicted molar refractivity (Wildman–Crippen MR) is 83.9 cm³/mol. The molecule has 0 aliphatic carbocycles. The van der Waals surface area contributed by atoms with Gasteiger partial charge in [-0.3, -0.25) is 19.0 Å².